The molecule has 0 aliphatic heterocycles. The molecule has 2 aromatic carbocycles. The van der Waals surface area contributed by atoms with Gasteiger partial charge in [0.2, 0.25) is 0 Å². The predicted molar refractivity (Wildman–Crippen MR) is 133 cm³/mol. The van der Waals surface area contributed by atoms with Gasteiger partial charge in [-0.15, -0.1) is 28.1 Å². The lowest BCUT2D eigenvalue weighted by Crippen LogP contribution is -2.07. The molecule has 0 fully saturated rings. The quantitative estimate of drug-likeness (QED) is 0.169. The minimum Gasteiger partial charge on any atom is -0.484 e. The van der Waals surface area contributed by atoms with Crippen molar-refractivity contribution in [2.75, 3.05) is 0 Å². The molecular weight excluding hydrogens is 507 g/mol. The van der Waals surface area contributed by atoms with Gasteiger partial charge < -0.3 is 4.74 Å². The molecule has 2 heterocycles. The lowest BCUT2D eigenvalue weighted by molar-refractivity contribution is 0.289. The van der Waals surface area contributed by atoms with Crippen molar-refractivity contribution in [3.63, 3.8) is 0 Å². The molecule has 0 saturated carbocycles. The van der Waals surface area contributed by atoms with E-state index in [0.29, 0.717) is 38.9 Å². The number of halogens is 3. The Hall–Kier alpha value is -2.03. The van der Waals surface area contributed by atoms with Crippen LogP contribution in [0.3, 0.4) is 0 Å². The Morgan fingerprint density at radius 3 is 2.75 bits per heavy atom. The molecule has 0 saturated heterocycles. The van der Waals surface area contributed by atoms with E-state index in [1.54, 1.807) is 47.4 Å². The van der Waals surface area contributed by atoms with Crippen LogP contribution in [0.5, 0.6) is 5.75 Å². The monoisotopic (exact) mass is 522 g/mol. The van der Waals surface area contributed by atoms with Gasteiger partial charge in [-0.2, -0.15) is 0 Å². The smallest absolute Gasteiger partial charge is 0.191 e. The van der Waals surface area contributed by atoms with E-state index < -0.39 is 0 Å². The van der Waals surface area contributed by atoms with Crippen molar-refractivity contribution in [3.05, 3.63) is 87.1 Å². The van der Waals surface area contributed by atoms with Crippen LogP contribution in [0.4, 0.5) is 0 Å². The van der Waals surface area contributed by atoms with Gasteiger partial charge in [0.15, 0.2) is 11.0 Å². The Morgan fingerprint density at radius 2 is 1.94 bits per heavy atom. The maximum atomic E-state index is 6.29. The lowest BCUT2D eigenvalue weighted by Gasteiger charge is -2.10. The number of allylic oxidation sites excluding steroid dienone is 1. The summed E-state index contributed by atoms with van der Waals surface area (Å²) < 4.78 is 7.78. The van der Waals surface area contributed by atoms with Gasteiger partial charge in [0.25, 0.3) is 0 Å². The summed E-state index contributed by atoms with van der Waals surface area (Å²) >= 11 is 21.6. The third-order valence-electron chi connectivity index (χ3n) is 4.36. The second-order valence-electron chi connectivity index (χ2n) is 6.57. The van der Waals surface area contributed by atoms with Gasteiger partial charge in [-0.25, -0.2) is 4.98 Å². The number of rotatable bonds is 9. The number of hydrogen-bond donors (Lipinski definition) is 0. The zero-order valence-electron chi connectivity index (χ0n) is 16.7. The molecule has 0 spiro atoms. The first kappa shape index (κ1) is 23.1. The van der Waals surface area contributed by atoms with Gasteiger partial charge in [0.1, 0.15) is 17.4 Å². The van der Waals surface area contributed by atoms with E-state index in [1.165, 1.54) is 0 Å². The highest BCUT2D eigenvalue weighted by Gasteiger charge is 2.15. The number of thiazole rings is 1. The lowest BCUT2D eigenvalue weighted by atomic mass is 10.2. The summed E-state index contributed by atoms with van der Waals surface area (Å²) in [5.41, 5.74) is 1.89. The fraction of sp³-hybridized carbons (Fsp3) is 0.136. The SMILES string of the molecule is C=CCn1c(COc2cc(Cl)ccc2Cl)nnc1SCc1csc(-c2ccccc2Cl)n1. The number of thioether (sulfide) groups is 1. The van der Waals surface area contributed by atoms with Crippen LogP contribution in [0.2, 0.25) is 15.1 Å². The summed E-state index contributed by atoms with van der Waals surface area (Å²) in [5, 5.41) is 14.0. The van der Waals surface area contributed by atoms with Gasteiger partial charge in [-0.1, -0.05) is 70.8 Å². The van der Waals surface area contributed by atoms with Crippen LogP contribution in [-0.4, -0.2) is 19.7 Å². The highest BCUT2D eigenvalue weighted by molar-refractivity contribution is 7.98. The van der Waals surface area contributed by atoms with E-state index in [0.717, 1.165) is 21.4 Å². The molecule has 0 N–H and O–H groups in total. The van der Waals surface area contributed by atoms with Crippen LogP contribution in [0, 0.1) is 0 Å². The second kappa shape index (κ2) is 10.7. The number of aromatic nitrogens is 4. The predicted octanol–water partition coefficient (Wildman–Crippen LogP) is 7.42. The summed E-state index contributed by atoms with van der Waals surface area (Å²) in [5.74, 6) is 1.81. The molecule has 0 unspecified atom stereocenters. The average Bonchev–Trinajstić information content (AvgIpc) is 3.41. The summed E-state index contributed by atoms with van der Waals surface area (Å²) in [6, 6.07) is 12.8. The molecule has 32 heavy (non-hydrogen) atoms. The van der Waals surface area contributed by atoms with Crippen LogP contribution in [0.1, 0.15) is 11.5 Å². The maximum Gasteiger partial charge on any atom is 0.191 e. The maximum absolute atomic E-state index is 6.29. The van der Waals surface area contributed by atoms with Crippen molar-refractivity contribution in [1.29, 1.82) is 0 Å². The summed E-state index contributed by atoms with van der Waals surface area (Å²) in [6.45, 7) is 4.60. The number of nitrogens with zero attached hydrogens (tertiary/aromatic N) is 4. The summed E-state index contributed by atoms with van der Waals surface area (Å²) in [4.78, 5) is 4.72. The molecule has 0 bridgehead atoms. The van der Waals surface area contributed by atoms with Crippen molar-refractivity contribution in [1.82, 2.24) is 19.7 Å². The van der Waals surface area contributed by atoms with Crippen molar-refractivity contribution >= 4 is 57.9 Å². The minimum atomic E-state index is 0.203. The number of ether oxygens (including phenoxy) is 1. The van der Waals surface area contributed by atoms with E-state index in [2.05, 4.69) is 16.8 Å². The summed E-state index contributed by atoms with van der Waals surface area (Å²) in [7, 11) is 0. The first-order valence-electron chi connectivity index (χ1n) is 9.48. The Bertz CT molecular complexity index is 1240. The highest BCUT2D eigenvalue weighted by atomic mass is 35.5. The van der Waals surface area contributed by atoms with E-state index in [9.17, 15) is 0 Å². The van der Waals surface area contributed by atoms with E-state index >= 15 is 0 Å². The third-order valence-corrected chi connectivity index (χ3v) is 7.16. The molecule has 0 aliphatic carbocycles. The van der Waals surface area contributed by atoms with Gasteiger partial charge >= 0.3 is 0 Å². The highest BCUT2D eigenvalue weighted by Crippen LogP contribution is 2.32. The number of hydrogen-bond acceptors (Lipinski definition) is 6. The number of benzene rings is 2. The van der Waals surface area contributed by atoms with Gasteiger partial charge in [0.05, 0.1) is 15.7 Å². The standard InChI is InChI=1S/C22H17Cl3N4OS2/c1-2-9-29-20(11-30-19-10-14(23)7-8-18(19)25)27-28-22(29)32-13-15-12-31-21(26-15)16-5-3-4-6-17(16)24/h2-8,10,12H,1,9,11,13H2. The van der Waals surface area contributed by atoms with E-state index in [1.807, 2.05) is 34.2 Å². The van der Waals surface area contributed by atoms with Gasteiger partial charge in [0, 0.05) is 34.3 Å². The van der Waals surface area contributed by atoms with Crippen LogP contribution in [0.25, 0.3) is 10.6 Å². The molecule has 0 radical (unpaired) electrons. The molecule has 4 aromatic rings. The zero-order valence-corrected chi connectivity index (χ0v) is 20.6. The Labute approximate surface area is 209 Å². The van der Waals surface area contributed by atoms with E-state index in [4.69, 9.17) is 44.5 Å². The largest absolute Gasteiger partial charge is 0.484 e. The second-order valence-corrected chi connectivity index (χ2v) is 9.63. The fourth-order valence-electron chi connectivity index (χ4n) is 2.85. The fourth-order valence-corrected chi connectivity index (χ4v) is 5.28. The first-order valence-corrected chi connectivity index (χ1v) is 12.5. The Balaban J connectivity index is 1.45. The van der Waals surface area contributed by atoms with Crippen molar-refractivity contribution in [3.8, 4) is 16.3 Å². The molecule has 164 valence electrons. The molecule has 5 nitrogen and oxygen atoms in total. The Morgan fingerprint density at radius 1 is 1.09 bits per heavy atom. The molecule has 4 rings (SSSR count). The van der Waals surface area contributed by atoms with Crippen LogP contribution >= 0.6 is 57.9 Å². The Kier molecular flexibility index (Phi) is 7.75. The molecule has 0 atom stereocenters. The van der Waals surface area contributed by atoms with Gasteiger partial charge in [-0.05, 0) is 18.2 Å². The van der Waals surface area contributed by atoms with Crippen LogP contribution in [0.15, 0.2) is 65.7 Å². The zero-order chi connectivity index (χ0) is 22.5. The van der Waals surface area contributed by atoms with Crippen LogP contribution < -0.4 is 4.74 Å². The van der Waals surface area contributed by atoms with Crippen molar-refractivity contribution < 1.29 is 4.74 Å². The average molecular weight is 524 g/mol. The van der Waals surface area contributed by atoms with Crippen molar-refractivity contribution in [2.24, 2.45) is 0 Å². The minimum absolute atomic E-state index is 0.203. The van der Waals surface area contributed by atoms with Crippen molar-refractivity contribution in [2.45, 2.75) is 24.1 Å². The molecular formula is C22H17Cl3N4OS2. The normalized spacial score (nSPS) is 11.0. The molecule has 0 amide bonds. The van der Waals surface area contributed by atoms with E-state index in [-0.39, 0.29) is 6.61 Å². The molecule has 2 aromatic heterocycles. The first-order chi connectivity index (χ1) is 15.5. The molecule has 0 aliphatic rings. The third kappa shape index (κ3) is 5.47. The van der Waals surface area contributed by atoms with Crippen LogP contribution in [-0.2, 0) is 18.9 Å². The summed E-state index contributed by atoms with van der Waals surface area (Å²) in [6.07, 6.45) is 1.79. The molecule has 10 heteroatoms. The van der Waals surface area contributed by atoms with Gasteiger partial charge in [-0.3, -0.25) is 4.57 Å². The topological polar surface area (TPSA) is 52.8 Å².